The van der Waals surface area contributed by atoms with Crippen LogP contribution < -0.4 is 4.57 Å². The van der Waals surface area contributed by atoms with Crippen LogP contribution in [0.5, 0.6) is 0 Å². The molecular weight excluding hydrogens is 279 g/mol. The van der Waals surface area contributed by atoms with E-state index in [9.17, 15) is 4.39 Å². The second-order valence-corrected chi connectivity index (χ2v) is 5.48. The van der Waals surface area contributed by atoms with E-state index in [1.807, 2.05) is 37.0 Å². The third-order valence-electron chi connectivity index (χ3n) is 4.01. The van der Waals surface area contributed by atoms with Crippen molar-refractivity contribution >= 4 is 21.9 Å². The molecule has 0 aliphatic carbocycles. The number of aryl methyl sites for hydroxylation is 2. The molecule has 0 unspecified atom stereocenters. The summed E-state index contributed by atoms with van der Waals surface area (Å²) < 4.78 is 21.2. The van der Waals surface area contributed by atoms with Crippen molar-refractivity contribution in [3.63, 3.8) is 0 Å². The number of halogens is 1. The fraction of sp³-hybridized carbons (Fsp3) is 0.111. The summed E-state index contributed by atoms with van der Waals surface area (Å²) >= 11 is 0. The second kappa shape index (κ2) is 4.63. The van der Waals surface area contributed by atoms with E-state index < -0.39 is 0 Å². The molecule has 0 aliphatic rings. The molecule has 0 saturated heterocycles. The summed E-state index contributed by atoms with van der Waals surface area (Å²) in [7, 11) is 1.99. The summed E-state index contributed by atoms with van der Waals surface area (Å²) in [6, 6.07) is 8.73. The van der Waals surface area contributed by atoms with Crippen LogP contribution in [-0.2, 0) is 7.05 Å². The van der Waals surface area contributed by atoms with E-state index >= 15 is 0 Å². The monoisotopic (exact) mass is 293 g/mol. The Balaban J connectivity index is 2.07. The van der Waals surface area contributed by atoms with Gasteiger partial charge in [0.2, 0.25) is 5.69 Å². The fourth-order valence-corrected chi connectivity index (χ4v) is 2.86. The van der Waals surface area contributed by atoms with Crippen molar-refractivity contribution in [2.24, 2.45) is 7.05 Å². The van der Waals surface area contributed by atoms with Crippen LogP contribution in [0.3, 0.4) is 0 Å². The molecule has 0 aliphatic heterocycles. The number of benzene rings is 2. The van der Waals surface area contributed by atoms with Gasteiger partial charge >= 0.3 is 0 Å². The van der Waals surface area contributed by atoms with E-state index in [4.69, 9.17) is 4.42 Å². The topological polar surface area (TPSA) is 29.9 Å². The first-order valence-electron chi connectivity index (χ1n) is 7.06. The van der Waals surface area contributed by atoms with E-state index in [0.29, 0.717) is 5.58 Å². The van der Waals surface area contributed by atoms with Crippen LogP contribution in [0.4, 0.5) is 4.39 Å². The van der Waals surface area contributed by atoms with Crippen LogP contribution in [0.1, 0.15) is 5.56 Å². The highest BCUT2D eigenvalue weighted by molar-refractivity contribution is 6.06. The summed E-state index contributed by atoms with van der Waals surface area (Å²) in [5.41, 5.74) is 4.56. The Kier molecular flexibility index (Phi) is 2.73. The highest BCUT2D eigenvalue weighted by atomic mass is 19.1. The molecule has 0 N–H and O–H groups in total. The first-order valence-corrected chi connectivity index (χ1v) is 7.06. The number of fused-ring (bicyclic) bond motifs is 3. The van der Waals surface area contributed by atoms with Crippen LogP contribution in [0.25, 0.3) is 33.2 Å². The highest BCUT2D eigenvalue weighted by Crippen LogP contribution is 2.33. The van der Waals surface area contributed by atoms with Gasteiger partial charge in [-0.2, -0.15) is 4.57 Å². The lowest BCUT2D eigenvalue weighted by Crippen LogP contribution is -2.30. The van der Waals surface area contributed by atoms with Gasteiger partial charge in [0, 0.05) is 16.8 Å². The van der Waals surface area contributed by atoms with Gasteiger partial charge in [-0.1, -0.05) is 0 Å². The number of rotatable bonds is 1. The van der Waals surface area contributed by atoms with E-state index in [0.717, 1.165) is 33.2 Å². The van der Waals surface area contributed by atoms with Crippen LogP contribution in [0.2, 0.25) is 0 Å². The van der Waals surface area contributed by atoms with Crippen LogP contribution >= 0.6 is 0 Å². The van der Waals surface area contributed by atoms with E-state index in [2.05, 4.69) is 11.1 Å². The number of hydrogen-bond donors (Lipinski definition) is 0. The van der Waals surface area contributed by atoms with E-state index in [-0.39, 0.29) is 5.82 Å². The molecule has 4 aromatic rings. The molecule has 0 spiro atoms. The molecule has 2 heterocycles. The van der Waals surface area contributed by atoms with Crippen molar-refractivity contribution in [2.45, 2.75) is 6.92 Å². The summed E-state index contributed by atoms with van der Waals surface area (Å²) in [6.07, 6.45) is 5.52. The lowest BCUT2D eigenvalue weighted by molar-refractivity contribution is -0.660. The molecule has 22 heavy (non-hydrogen) atoms. The largest absolute Gasteiger partial charge is 0.456 e. The molecule has 0 radical (unpaired) electrons. The summed E-state index contributed by atoms with van der Waals surface area (Å²) in [6.45, 7) is 2.04. The Morgan fingerprint density at radius 1 is 1.09 bits per heavy atom. The van der Waals surface area contributed by atoms with Crippen LogP contribution in [0, 0.1) is 12.7 Å². The van der Waals surface area contributed by atoms with Gasteiger partial charge in [0.05, 0.1) is 18.0 Å². The van der Waals surface area contributed by atoms with Gasteiger partial charge in [-0.15, -0.1) is 0 Å². The molecule has 0 atom stereocenters. The first kappa shape index (κ1) is 13.0. The minimum Gasteiger partial charge on any atom is -0.456 e. The van der Waals surface area contributed by atoms with Crippen molar-refractivity contribution in [1.82, 2.24) is 4.98 Å². The molecule has 3 nitrogen and oxygen atoms in total. The molecule has 4 heteroatoms. The van der Waals surface area contributed by atoms with Crippen molar-refractivity contribution in [3.8, 4) is 11.3 Å². The first-order chi connectivity index (χ1) is 10.6. The zero-order chi connectivity index (χ0) is 15.3. The predicted octanol–water partition coefficient (Wildman–Crippen LogP) is 3.92. The lowest BCUT2D eigenvalue weighted by Gasteiger charge is -2.04. The standard InChI is InChI=1S/C18H14FN2O/c1-11-7-17-15(13-4-3-12(19)8-18(13)22-17)9-14(11)16-10-20-5-6-21(16)2/h3-10H,1-2H3/q+1. The van der Waals surface area contributed by atoms with Crippen molar-refractivity contribution in [3.05, 3.63) is 60.3 Å². The van der Waals surface area contributed by atoms with Gasteiger partial charge in [-0.25, -0.2) is 4.39 Å². The molecule has 0 bridgehead atoms. The lowest BCUT2D eigenvalue weighted by atomic mass is 10.0. The fourth-order valence-electron chi connectivity index (χ4n) is 2.86. The number of hydrogen-bond acceptors (Lipinski definition) is 2. The zero-order valence-electron chi connectivity index (χ0n) is 12.3. The van der Waals surface area contributed by atoms with Gasteiger partial charge in [-0.3, -0.25) is 4.98 Å². The third-order valence-corrected chi connectivity index (χ3v) is 4.01. The van der Waals surface area contributed by atoms with Crippen molar-refractivity contribution < 1.29 is 13.4 Å². The maximum absolute atomic E-state index is 13.4. The molecule has 2 aromatic heterocycles. The Hall–Kier alpha value is -2.75. The SMILES string of the molecule is Cc1cc2oc3cc(F)ccc3c2cc1-c1cncc[n+]1C. The highest BCUT2D eigenvalue weighted by Gasteiger charge is 2.16. The Bertz CT molecular complexity index is 1020. The molecular formula is C18H14FN2O+. The Morgan fingerprint density at radius 3 is 2.73 bits per heavy atom. The Morgan fingerprint density at radius 2 is 1.91 bits per heavy atom. The number of nitrogens with zero attached hydrogens (tertiary/aromatic N) is 2. The molecule has 0 amide bonds. The maximum Gasteiger partial charge on any atom is 0.231 e. The summed E-state index contributed by atoms with van der Waals surface area (Å²) in [5.74, 6) is -0.290. The minimum atomic E-state index is -0.290. The van der Waals surface area contributed by atoms with Gasteiger partial charge in [0.25, 0.3) is 0 Å². The van der Waals surface area contributed by atoms with E-state index in [1.54, 1.807) is 12.3 Å². The van der Waals surface area contributed by atoms with Crippen LogP contribution in [-0.4, -0.2) is 4.98 Å². The molecule has 4 rings (SSSR count). The second-order valence-electron chi connectivity index (χ2n) is 5.48. The van der Waals surface area contributed by atoms with Gasteiger partial charge in [0.1, 0.15) is 24.0 Å². The normalized spacial score (nSPS) is 11.4. The van der Waals surface area contributed by atoms with Gasteiger partial charge in [-0.05, 0) is 36.8 Å². The Labute approximate surface area is 126 Å². The van der Waals surface area contributed by atoms with Crippen LogP contribution in [0.15, 0.2) is 53.3 Å². The minimum absolute atomic E-state index is 0.290. The number of furan rings is 1. The molecule has 0 fully saturated rings. The smallest absolute Gasteiger partial charge is 0.231 e. The third kappa shape index (κ3) is 1.88. The number of aromatic nitrogens is 2. The molecule has 108 valence electrons. The average molecular weight is 293 g/mol. The van der Waals surface area contributed by atoms with Crippen molar-refractivity contribution in [2.75, 3.05) is 0 Å². The summed E-state index contributed by atoms with van der Waals surface area (Å²) in [5, 5.41) is 1.91. The molecule has 0 saturated carbocycles. The van der Waals surface area contributed by atoms with Gasteiger partial charge in [0.15, 0.2) is 6.20 Å². The maximum atomic E-state index is 13.4. The average Bonchev–Trinajstić information content (AvgIpc) is 2.83. The predicted molar refractivity (Wildman–Crippen MR) is 82.8 cm³/mol. The van der Waals surface area contributed by atoms with Crippen molar-refractivity contribution in [1.29, 1.82) is 0 Å². The summed E-state index contributed by atoms with van der Waals surface area (Å²) in [4.78, 5) is 4.21. The van der Waals surface area contributed by atoms with E-state index in [1.165, 1.54) is 12.1 Å². The molecule has 2 aromatic carbocycles. The quantitative estimate of drug-likeness (QED) is 0.498. The zero-order valence-corrected chi connectivity index (χ0v) is 12.3. The van der Waals surface area contributed by atoms with Gasteiger partial charge < -0.3 is 4.42 Å².